The summed E-state index contributed by atoms with van der Waals surface area (Å²) in [6.07, 6.45) is 27.9. The maximum Gasteiger partial charge on any atom is 0.166 e. The number of hydrogen-bond donors (Lipinski definition) is 4. The molecular formula is C36H60N6S4. The molecule has 0 saturated heterocycles. The lowest BCUT2D eigenvalue weighted by atomic mass is 9.76. The van der Waals surface area contributed by atoms with Crippen LogP contribution in [0.2, 0.25) is 0 Å². The number of rotatable bonds is 15. The van der Waals surface area contributed by atoms with Gasteiger partial charge < -0.3 is 21.3 Å². The van der Waals surface area contributed by atoms with E-state index in [-0.39, 0.29) is 0 Å². The van der Waals surface area contributed by atoms with Crippen LogP contribution in [0, 0.1) is 34.3 Å². The van der Waals surface area contributed by atoms with Crippen LogP contribution >= 0.6 is 48.4 Å². The van der Waals surface area contributed by atoms with Gasteiger partial charge in [0.15, 0.2) is 10.2 Å². The van der Waals surface area contributed by atoms with Gasteiger partial charge in [-0.3, -0.25) is 0 Å². The van der Waals surface area contributed by atoms with Crippen LogP contribution in [0.4, 0.5) is 0 Å². The predicted octanol–water partition coefficient (Wildman–Crippen LogP) is 8.81. The van der Waals surface area contributed by atoms with Crippen LogP contribution in [0.5, 0.6) is 0 Å². The minimum atomic E-state index is 0.439. The molecule has 4 saturated carbocycles. The molecule has 4 N–H and O–H groups in total. The summed E-state index contributed by atoms with van der Waals surface area (Å²) in [7, 11) is 0. The van der Waals surface area contributed by atoms with E-state index in [0.29, 0.717) is 23.4 Å². The molecule has 0 spiro atoms. The molecule has 0 aliphatic heterocycles. The normalized spacial score (nSPS) is 31.5. The zero-order chi connectivity index (χ0) is 32.4. The third kappa shape index (κ3) is 14.6. The molecule has 0 heterocycles. The highest BCUT2D eigenvalue weighted by Crippen LogP contribution is 2.38. The first kappa shape index (κ1) is 37.8. The summed E-state index contributed by atoms with van der Waals surface area (Å²) in [6.45, 7) is 1.91. The van der Waals surface area contributed by atoms with E-state index in [2.05, 4.69) is 36.8 Å². The molecule has 10 heteroatoms. The fourth-order valence-electron chi connectivity index (χ4n) is 8.65. The zero-order valence-electron chi connectivity index (χ0n) is 28.1. The lowest BCUT2D eigenvalue weighted by Gasteiger charge is -2.34. The maximum atomic E-state index is 8.91. The fraction of sp³-hybridized carbons (Fsp3) is 0.889. The van der Waals surface area contributed by atoms with Gasteiger partial charge in [0.25, 0.3) is 0 Å². The van der Waals surface area contributed by atoms with E-state index in [1.807, 2.05) is 0 Å². The van der Waals surface area contributed by atoms with Crippen molar-refractivity contribution in [2.45, 2.75) is 165 Å². The number of nitrogens with one attached hydrogen (secondary N) is 4. The van der Waals surface area contributed by atoms with Gasteiger partial charge in [0.1, 0.15) is 5.40 Å². The van der Waals surface area contributed by atoms with Crippen LogP contribution in [0.25, 0.3) is 0 Å². The van der Waals surface area contributed by atoms with Gasteiger partial charge in [-0.15, -0.1) is 0 Å². The Hall–Kier alpha value is -0.980. The van der Waals surface area contributed by atoms with Crippen LogP contribution in [-0.2, 0) is 0 Å². The van der Waals surface area contributed by atoms with Crippen molar-refractivity contribution in [2.75, 3.05) is 13.1 Å². The van der Waals surface area contributed by atoms with Crippen molar-refractivity contribution < 1.29 is 0 Å². The van der Waals surface area contributed by atoms with E-state index < -0.39 is 0 Å². The van der Waals surface area contributed by atoms with E-state index in [9.17, 15) is 0 Å². The van der Waals surface area contributed by atoms with E-state index in [4.69, 9.17) is 41.9 Å². The molecule has 0 aromatic carbocycles. The van der Waals surface area contributed by atoms with Crippen molar-refractivity contribution in [3.05, 3.63) is 0 Å². The van der Waals surface area contributed by atoms with Crippen LogP contribution in [0.15, 0.2) is 4.99 Å². The van der Waals surface area contributed by atoms with Crippen LogP contribution < -0.4 is 21.3 Å². The molecule has 258 valence electrons. The van der Waals surface area contributed by atoms with Gasteiger partial charge in [-0.2, -0.15) is 5.26 Å². The van der Waals surface area contributed by atoms with Crippen molar-refractivity contribution in [2.24, 2.45) is 28.7 Å². The van der Waals surface area contributed by atoms with Gasteiger partial charge >= 0.3 is 0 Å². The lowest BCUT2D eigenvalue weighted by Crippen LogP contribution is -2.44. The molecule has 0 aromatic heterocycles. The number of isothiocyanates is 1. The summed E-state index contributed by atoms with van der Waals surface area (Å²) in [4.78, 5) is 4.31. The molecule has 0 radical (unpaired) electrons. The smallest absolute Gasteiger partial charge is 0.166 e. The number of nitrogens with zero attached hydrogens (tertiary/aromatic N) is 2. The second kappa shape index (κ2) is 21.9. The van der Waals surface area contributed by atoms with Gasteiger partial charge in [0, 0.05) is 30.4 Å². The summed E-state index contributed by atoms with van der Waals surface area (Å²) in [5, 5.41) is 30.1. The average molecular weight is 705 g/mol. The highest BCUT2D eigenvalue weighted by atomic mass is 32.2. The number of unbranched alkanes of at least 4 members (excludes halogenated alkanes) is 3. The van der Waals surface area contributed by atoms with Gasteiger partial charge in [-0.25, -0.2) is 4.99 Å². The number of thioether (sulfide) groups is 1. The molecule has 0 atom stereocenters. The molecule has 4 fully saturated rings. The first-order chi connectivity index (χ1) is 22.5. The molecule has 4 rings (SSSR count). The van der Waals surface area contributed by atoms with Crippen molar-refractivity contribution in [1.82, 2.24) is 21.3 Å². The molecule has 0 aromatic rings. The van der Waals surface area contributed by atoms with Gasteiger partial charge in [0.2, 0.25) is 0 Å². The van der Waals surface area contributed by atoms with E-state index in [0.717, 1.165) is 59.8 Å². The first-order valence-corrected chi connectivity index (χ1v) is 20.8. The maximum absolute atomic E-state index is 8.91. The summed E-state index contributed by atoms with van der Waals surface area (Å²) >= 11 is 17.5. The second-order valence-corrected chi connectivity index (χ2v) is 17.0. The van der Waals surface area contributed by atoms with Crippen molar-refractivity contribution in [1.29, 1.82) is 5.26 Å². The second-order valence-electron chi connectivity index (χ2n) is 14.9. The zero-order valence-corrected chi connectivity index (χ0v) is 31.4. The monoisotopic (exact) mass is 704 g/mol. The Balaban J connectivity index is 0.920. The van der Waals surface area contributed by atoms with Gasteiger partial charge in [0.05, 0.1) is 11.2 Å². The first-order valence-electron chi connectivity index (χ1n) is 18.7. The Kier molecular flexibility index (Phi) is 18.0. The number of aliphatic imine (C=N–C) groups is 1. The van der Waals surface area contributed by atoms with Crippen LogP contribution in [0.1, 0.15) is 141 Å². The predicted molar refractivity (Wildman–Crippen MR) is 206 cm³/mol. The average Bonchev–Trinajstić information content (AvgIpc) is 3.06. The number of hydrogen-bond acceptors (Lipinski definition) is 6. The van der Waals surface area contributed by atoms with Crippen molar-refractivity contribution in [3.8, 4) is 5.40 Å². The molecule has 6 nitrogen and oxygen atoms in total. The summed E-state index contributed by atoms with van der Waals surface area (Å²) in [5.41, 5.74) is 0. The van der Waals surface area contributed by atoms with E-state index in [1.54, 1.807) is 0 Å². The highest BCUT2D eigenvalue weighted by molar-refractivity contribution is 8.04. The Morgan fingerprint density at radius 3 is 1.43 bits per heavy atom. The molecule has 0 unspecified atom stereocenters. The van der Waals surface area contributed by atoms with Gasteiger partial charge in [-0.1, -0.05) is 12.8 Å². The topological polar surface area (TPSA) is 84.3 Å². The molecule has 4 aliphatic carbocycles. The van der Waals surface area contributed by atoms with Crippen molar-refractivity contribution >= 4 is 63.8 Å². The van der Waals surface area contributed by atoms with Gasteiger partial charge in [-0.05, 0) is 201 Å². The number of thiocarbonyl (C=S) groups is 3. The number of nitriles is 1. The molecule has 0 bridgehead atoms. The molecular weight excluding hydrogens is 645 g/mol. The Morgan fingerprint density at radius 1 is 0.609 bits per heavy atom. The SMILES string of the molecule is N#CSC1CCC(CC2CCC(NC(=S)NCCCCCCNC(=S)NC3CCC(CC4CCC(N=C=S)CC4)CC3)CC2)CC1. The lowest BCUT2D eigenvalue weighted by molar-refractivity contribution is 0.221. The van der Waals surface area contributed by atoms with E-state index >= 15 is 0 Å². The Morgan fingerprint density at radius 2 is 1.02 bits per heavy atom. The quantitative estimate of drug-likeness (QED) is 0.0579. The van der Waals surface area contributed by atoms with Crippen molar-refractivity contribution in [3.63, 3.8) is 0 Å². The minimum Gasteiger partial charge on any atom is -0.363 e. The highest BCUT2D eigenvalue weighted by Gasteiger charge is 2.28. The van der Waals surface area contributed by atoms with Crippen LogP contribution in [-0.4, -0.2) is 51.9 Å². The summed E-state index contributed by atoms with van der Waals surface area (Å²) < 4.78 is 0. The number of thiocyanates is 1. The summed E-state index contributed by atoms with van der Waals surface area (Å²) in [6, 6.07) is 1.51. The Bertz CT molecular complexity index is 981. The fourth-order valence-corrected chi connectivity index (χ4v) is 10.00. The third-order valence-corrected chi connectivity index (χ3v) is 13.0. The van der Waals surface area contributed by atoms with Crippen LogP contribution in [0.3, 0.4) is 0 Å². The molecule has 4 aliphatic rings. The largest absolute Gasteiger partial charge is 0.363 e. The standard InChI is InChI=1S/C36H60N6S4/c37-25-46-34-19-11-30(12-20-34)24-29-9-17-33(18-10-29)42-36(45)39-22-4-2-1-3-21-38-35(44)41-32-15-7-28(8-16-32)23-27-5-13-31(14-6-27)40-26-43/h27-34H,1-24H2,(H2,38,41,44)(H2,39,42,45). The molecule has 46 heavy (non-hydrogen) atoms. The molecule has 0 amide bonds. The summed E-state index contributed by atoms with van der Waals surface area (Å²) in [5.74, 6) is 3.54. The minimum absolute atomic E-state index is 0.439. The van der Waals surface area contributed by atoms with E-state index in [1.165, 1.54) is 140 Å². The third-order valence-electron chi connectivity index (χ3n) is 11.4. The Labute approximate surface area is 300 Å².